The van der Waals surface area contributed by atoms with Crippen LogP contribution in [0.1, 0.15) is 17.7 Å². The number of hydrogen-bond donors (Lipinski definition) is 2. The third-order valence-corrected chi connectivity index (χ3v) is 3.13. The van der Waals surface area contributed by atoms with Crippen LogP contribution >= 0.6 is 0 Å². The number of aryl methyl sites for hydroxylation is 1. The van der Waals surface area contributed by atoms with Gasteiger partial charge in [-0.15, -0.1) is 0 Å². The summed E-state index contributed by atoms with van der Waals surface area (Å²) < 4.78 is 13.6. The Morgan fingerprint density at radius 3 is 2.63 bits per heavy atom. The Morgan fingerprint density at radius 2 is 1.95 bits per heavy atom. The van der Waals surface area contributed by atoms with Crippen molar-refractivity contribution in [2.45, 2.75) is 25.3 Å². The molecule has 1 unspecified atom stereocenters. The lowest BCUT2D eigenvalue weighted by atomic mass is 10.0. The maximum atomic E-state index is 13.6. The second-order valence-corrected chi connectivity index (χ2v) is 4.52. The van der Waals surface area contributed by atoms with Crippen LogP contribution in [0.15, 0.2) is 48.7 Å². The van der Waals surface area contributed by atoms with Crippen LogP contribution in [0.2, 0.25) is 0 Å². The van der Waals surface area contributed by atoms with E-state index >= 15 is 0 Å². The number of nitrogens with zero attached hydrogens (tertiary/aromatic N) is 1. The fourth-order valence-electron chi connectivity index (χ4n) is 2.04. The molecule has 2 aromatic rings. The Kier molecular flexibility index (Phi) is 5.01. The van der Waals surface area contributed by atoms with Gasteiger partial charge in [-0.1, -0.05) is 24.3 Å². The van der Waals surface area contributed by atoms with Crippen molar-refractivity contribution in [3.05, 3.63) is 65.7 Å². The highest BCUT2D eigenvalue weighted by Crippen LogP contribution is 2.12. The Morgan fingerprint density at radius 1 is 1.16 bits per heavy atom. The van der Waals surface area contributed by atoms with Gasteiger partial charge in [0.05, 0.1) is 0 Å². The summed E-state index contributed by atoms with van der Waals surface area (Å²) in [5, 5.41) is 0. The van der Waals surface area contributed by atoms with Crippen LogP contribution in [0.4, 0.5) is 4.39 Å². The summed E-state index contributed by atoms with van der Waals surface area (Å²) >= 11 is 0. The zero-order valence-electron chi connectivity index (χ0n) is 10.7. The summed E-state index contributed by atoms with van der Waals surface area (Å²) in [6.07, 6.45) is 4.00. The molecule has 19 heavy (non-hydrogen) atoms. The number of benzene rings is 1. The number of rotatable bonds is 6. The molecule has 3 nitrogen and oxygen atoms in total. The minimum atomic E-state index is -0.180. The van der Waals surface area contributed by atoms with Crippen molar-refractivity contribution in [2.24, 2.45) is 5.84 Å². The van der Waals surface area contributed by atoms with Gasteiger partial charge in [-0.05, 0) is 43.0 Å². The predicted molar refractivity (Wildman–Crippen MR) is 73.8 cm³/mol. The monoisotopic (exact) mass is 259 g/mol. The van der Waals surface area contributed by atoms with Gasteiger partial charge in [0.15, 0.2) is 0 Å². The SMILES string of the molecule is NNC(CCc1ccccn1)Cc1ccccc1F. The molecule has 0 aliphatic heterocycles. The number of hydrogen-bond acceptors (Lipinski definition) is 3. The normalized spacial score (nSPS) is 12.3. The van der Waals surface area contributed by atoms with Crippen LogP contribution in [0.25, 0.3) is 0 Å². The lowest BCUT2D eigenvalue weighted by molar-refractivity contribution is 0.478. The van der Waals surface area contributed by atoms with Crippen LogP contribution in [-0.2, 0) is 12.8 Å². The first-order valence-electron chi connectivity index (χ1n) is 6.39. The predicted octanol–water partition coefficient (Wildman–Crippen LogP) is 2.23. The molecule has 4 heteroatoms. The molecule has 0 bridgehead atoms. The van der Waals surface area contributed by atoms with E-state index in [0.717, 1.165) is 18.5 Å². The molecule has 0 saturated carbocycles. The minimum Gasteiger partial charge on any atom is -0.271 e. The highest BCUT2D eigenvalue weighted by molar-refractivity contribution is 5.18. The van der Waals surface area contributed by atoms with E-state index in [1.54, 1.807) is 18.3 Å². The highest BCUT2D eigenvalue weighted by Gasteiger charge is 2.11. The molecule has 100 valence electrons. The molecule has 3 N–H and O–H groups in total. The van der Waals surface area contributed by atoms with Crippen LogP contribution in [-0.4, -0.2) is 11.0 Å². The van der Waals surface area contributed by atoms with Crippen molar-refractivity contribution >= 4 is 0 Å². The standard InChI is InChI=1S/C15H18FN3/c16-15-7-2-1-5-12(15)11-14(19-17)9-8-13-6-3-4-10-18-13/h1-7,10,14,19H,8-9,11,17H2. The van der Waals surface area contributed by atoms with E-state index in [1.165, 1.54) is 6.07 Å². The number of aromatic nitrogens is 1. The molecule has 2 rings (SSSR count). The lowest BCUT2D eigenvalue weighted by Crippen LogP contribution is -2.37. The lowest BCUT2D eigenvalue weighted by Gasteiger charge is -2.16. The zero-order valence-corrected chi connectivity index (χ0v) is 10.7. The van der Waals surface area contributed by atoms with Gasteiger partial charge < -0.3 is 0 Å². The van der Waals surface area contributed by atoms with E-state index in [1.807, 2.05) is 24.3 Å². The molecule has 1 aromatic carbocycles. The summed E-state index contributed by atoms with van der Waals surface area (Å²) in [4.78, 5) is 4.27. The number of nitrogens with one attached hydrogen (secondary N) is 1. The molecule has 1 atom stereocenters. The molecular formula is C15H18FN3. The largest absolute Gasteiger partial charge is 0.271 e. The van der Waals surface area contributed by atoms with Crippen molar-refractivity contribution in [1.82, 2.24) is 10.4 Å². The van der Waals surface area contributed by atoms with Gasteiger partial charge in [-0.2, -0.15) is 0 Å². The Bertz CT molecular complexity index is 502. The van der Waals surface area contributed by atoms with Crippen molar-refractivity contribution in [2.75, 3.05) is 0 Å². The molecule has 0 saturated heterocycles. The first-order valence-corrected chi connectivity index (χ1v) is 6.39. The van der Waals surface area contributed by atoms with Crippen LogP contribution in [0.3, 0.4) is 0 Å². The summed E-state index contributed by atoms with van der Waals surface area (Å²) in [6.45, 7) is 0. The van der Waals surface area contributed by atoms with Gasteiger partial charge in [0.2, 0.25) is 0 Å². The third kappa shape index (κ3) is 4.12. The first-order chi connectivity index (χ1) is 9.29. The molecule has 0 aliphatic carbocycles. The van der Waals surface area contributed by atoms with E-state index in [4.69, 9.17) is 5.84 Å². The minimum absolute atomic E-state index is 0.0407. The average Bonchev–Trinajstić information content (AvgIpc) is 2.46. The van der Waals surface area contributed by atoms with E-state index in [0.29, 0.717) is 12.0 Å². The molecule has 0 aliphatic rings. The van der Waals surface area contributed by atoms with Crippen molar-refractivity contribution in [1.29, 1.82) is 0 Å². The molecule has 1 heterocycles. The molecule has 0 radical (unpaired) electrons. The van der Waals surface area contributed by atoms with Crippen molar-refractivity contribution in [3.63, 3.8) is 0 Å². The third-order valence-electron chi connectivity index (χ3n) is 3.13. The van der Waals surface area contributed by atoms with Gasteiger partial charge in [-0.3, -0.25) is 16.3 Å². The van der Waals surface area contributed by atoms with Gasteiger partial charge in [0, 0.05) is 17.9 Å². The number of nitrogens with two attached hydrogens (primary N) is 1. The Balaban J connectivity index is 1.92. The maximum Gasteiger partial charge on any atom is 0.126 e. The summed E-state index contributed by atoms with van der Waals surface area (Å²) in [5.41, 5.74) is 4.46. The average molecular weight is 259 g/mol. The van der Waals surface area contributed by atoms with Gasteiger partial charge in [0.1, 0.15) is 5.82 Å². The molecule has 1 aromatic heterocycles. The molecular weight excluding hydrogens is 241 g/mol. The zero-order chi connectivity index (χ0) is 13.5. The smallest absolute Gasteiger partial charge is 0.126 e. The van der Waals surface area contributed by atoms with Crippen LogP contribution in [0, 0.1) is 5.82 Å². The fraction of sp³-hybridized carbons (Fsp3) is 0.267. The van der Waals surface area contributed by atoms with Crippen molar-refractivity contribution in [3.8, 4) is 0 Å². The summed E-state index contributed by atoms with van der Waals surface area (Å²) in [6, 6.07) is 12.7. The summed E-state index contributed by atoms with van der Waals surface area (Å²) in [5.74, 6) is 5.36. The van der Waals surface area contributed by atoms with E-state index in [9.17, 15) is 4.39 Å². The quantitative estimate of drug-likeness (QED) is 0.618. The van der Waals surface area contributed by atoms with Gasteiger partial charge in [0.25, 0.3) is 0 Å². The molecule has 0 spiro atoms. The Hall–Kier alpha value is -1.78. The topological polar surface area (TPSA) is 50.9 Å². The van der Waals surface area contributed by atoms with Crippen LogP contribution < -0.4 is 11.3 Å². The number of halogens is 1. The highest BCUT2D eigenvalue weighted by atomic mass is 19.1. The van der Waals surface area contributed by atoms with Gasteiger partial charge >= 0.3 is 0 Å². The number of hydrazine groups is 1. The maximum absolute atomic E-state index is 13.6. The van der Waals surface area contributed by atoms with Crippen LogP contribution in [0.5, 0.6) is 0 Å². The summed E-state index contributed by atoms with van der Waals surface area (Å²) in [7, 11) is 0. The van der Waals surface area contributed by atoms with E-state index in [2.05, 4.69) is 10.4 Å². The van der Waals surface area contributed by atoms with Crippen molar-refractivity contribution < 1.29 is 4.39 Å². The fourth-order valence-corrected chi connectivity index (χ4v) is 2.04. The van der Waals surface area contributed by atoms with E-state index in [-0.39, 0.29) is 11.9 Å². The first kappa shape index (κ1) is 13.6. The number of pyridine rings is 1. The molecule has 0 amide bonds. The second-order valence-electron chi connectivity index (χ2n) is 4.52. The molecule has 0 fully saturated rings. The second kappa shape index (κ2) is 6.97. The van der Waals surface area contributed by atoms with Gasteiger partial charge in [-0.25, -0.2) is 4.39 Å². The Labute approximate surface area is 112 Å². The van der Waals surface area contributed by atoms with E-state index < -0.39 is 0 Å².